The fourth-order valence-corrected chi connectivity index (χ4v) is 1.11. The predicted octanol–water partition coefficient (Wildman–Crippen LogP) is 2.27. The summed E-state index contributed by atoms with van der Waals surface area (Å²) >= 11 is 5.88. The van der Waals surface area contributed by atoms with Gasteiger partial charge in [0.05, 0.1) is 0 Å². The van der Waals surface area contributed by atoms with Crippen molar-refractivity contribution in [2.45, 2.75) is 6.92 Å². The lowest BCUT2D eigenvalue weighted by molar-refractivity contribution is -0.114. The van der Waals surface area contributed by atoms with Gasteiger partial charge in [0, 0.05) is 17.8 Å². The number of rotatable bonds is 2. The van der Waals surface area contributed by atoms with E-state index in [4.69, 9.17) is 11.6 Å². The number of hydrogen-bond donors (Lipinski definition) is 1. The Balaban J connectivity index is 2.77. The second-order valence-electron chi connectivity index (χ2n) is 3.11. The SMILES string of the molecule is Cc1ccc(NC(=O)N(C)C=O)cc1Cl. The summed E-state index contributed by atoms with van der Waals surface area (Å²) in [5.74, 6) is 0. The number of amides is 3. The van der Waals surface area contributed by atoms with Crippen LogP contribution in [0.3, 0.4) is 0 Å². The molecule has 0 heterocycles. The number of nitrogens with one attached hydrogen (secondary N) is 1. The summed E-state index contributed by atoms with van der Waals surface area (Å²) in [6, 6.07) is 4.65. The van der Waals surface area contributed by atoms with Crippen LogP contribution in [0, 0.1) is 6.92 Å². The van der Waals surface area contributed by atoms with Crippen molar-refractivity contribution >= 4 is 29.7 Å². The molecule has 5 heteroatoms. The average Bonchev–Trinajstić information content (AvgIpc) is 2.22. The number of urea groups is 1. The number of carbonyl (C=O) groups excluding carboxylic acids is 2. The molecule has 0 aliphatic rings. The van der Waals surface area contributed by atoms with Gasteiger partial charge in [0.1, 0.15) is 0 Å². The lowest BCUT2D eigenvalue weighted by Crippen LogP contribution is -2.29. The molecule has 0 spiro atoms. The van der Waals surface area contributed by atoms with Crippen LogP contribution in [0.5, 0.6) is 0 Å². The number of benzene rings is 1. The van der Waals surface area contributed by atoms with Crippen molar-refractivity contribution in [1.29, 1.82) is 0 Å². The zero-order valence-electron chi connectivity index (χ0n) is 8.45. The Bertz CT molecular complexity index is 393. The van der Waals surface area contributed by atoms with Gasteiger partial charge in [-0.15, -0.1) is 0 Å². The van der Waals surface area contributed by atoms with E-state index in [0.717, 1.165) is 10.5 Å². The molecular formula is C10H11ClN2O2. The summed E-state index contributed by atoms with van der Waals surface area (Å²) in [4.78, 5) is 22.5. The van der Waals surface area contributed by atoms with Crippen LogP contribution >= 0.6 is 11.6 Å². The van der Waals surface area contributed by atoms with E-state index in [1.165, 1.54) is 7.05 Å². The molecule has 0 saturated heterocycles. The van der Waals surface area contributed by atoms with E-state index >= 15 is 0 Å². The first kappa shape index (κ1) is 11.5. The Morgan fingerprint density at radius 3 is 2.73 bits per heavy atom. The van der Waals surface area contributed by atoms with Crippen LogP contribution < -0.4 is 5.32 Å². The molecule has 4 nitrogen and oxygen atoms in total. The number of nitrogens with zero attached hydrogens (tertiary/aromatic N) is 1. The van der Waals surface area contributed by atoms with Crippen LogP contribution in [0.25, 0.3) is 0 Å². The number of anilines is 1. The van der Waals surface area contributed by atoms with Crippen molar-refractivity contribution in [3.05, 3.63) is 28.8 Å². The lowest BCUT2D eigenvalue weighted by atomic mass is 10.2. The van der Waals surface area contributed by atoms with Crippen molar-refractivity contribution in [1.82, 2.24) is 4.90 Å². The molecule has 0 fully saturated rings. The number of hydrogen-bond acceptors (Lipinski definition) is 2. The van der Waals surface area contributed by atoms with Gasteiger partial charge < -0.3 is 5.32 Å². The van der Waals surface area contributed by atoms with E-state index in [0.29, 0.717) is 17.1 Å². The monoisotopic (exact) mass is 226 g/mol. The van der Waals surface area contributed by atoms with Crippen LogP contribution in [-0.2, 0) is 4.79 Å². The third kappa shape index (κ3) is 2.95. The van der Waals surface area contributed by atoms with E-state index in [1.807, 2.05) is 6.92 Å². The molecule has 0 aliphatic carbocycles. The summed E-state index contributed by atoms with van der Waals surface area (Å²) in [7, 11) is 1.37. The topological polar surface area (TPSA) is 49.4 Å². The summed E-state index contributed by atoms with van der Waals surface area (Å²) in [6.45, 7) is 1.87. The highest BCUT2D eigenvalue weighted by atomic mass is 35.5. The van der Waals surface area contributed by atoms with Crippen LogP contribution in [0.15, 0.2) is 18.2 Å². The summed E-state index contributed by atoms with van der Waals surface area (Å²) in [5, 5.41) is 3.10. The summed E-state index contributed by atoms with van der Waals surface area (Å²) in [6.07, 6.45) is 0.436. The fraction of sp³-hybridized carbons (Fsp3) is 0.200. The van der Waals surface area contributed by atoms with Gasteiger partial charge in [0.25, 0.3) is 0 Å². The van der Waals surface area contributed by atoms with E-state index < -0.39 is 6.03 Å². The van der Waals surface area contributed by atoms with Gasteiger partial charge in [0.2, 0.25) is 6.41 Å². The standard InChI is InChI=1S/C10H11ClN2O2/c1-7-3-4-8(5-9(7)11)12-10(15)13(2)6-14/h3-6H,1-2H3,(H,12,15). The number of halogens is 1. The predicted molar refractivity (Wildman–Crippen MR) is 59.0 cm³/mol. The first-order chi connectivity index (χ1) is 7.04. The lowest BCUT2D eigenvalue weighted by Gasteiger charge is -2.11. The van der Waals surface area contributed by atoms with Gasteiger partial charge in [-0.25, -0.2) is 4.79 Å². The first-order valence-corrected chi connectivity index (χ1v) is 4.67. The molecule has 0 bridgehead atoms. The third-order valence-electron chi connectivity index (χ3n) is 1.90. The Hall–Kier alpha value is -1.55. The second-order valence-corrected chi connectivity index (χ2v) is 3.52. The molecule has 0 radical (unpaired) electrons. The molecule has 1 N–H and O–H groups in total. The molecule has 0 aliphatic heterocycles. The maximum atomic E-state index is 11.3. The highest BCUT2D eigenvalue weighted by Crippen LogP contribution is 2.19. The molecular weight excluding hydrogens is 216 g/mol. The van der Waals surface area contributed by atoms with Crippen molar-refractivity contribution in [3.63, 3.8) is 0 Å². The number of imide groups is 1. The van der Waals surface area contributed by atoms with Gasteiger partial charge in [0.15, 0.2) is 0 Å². The first-order valence-electron chi connectivity index (χ1n) is 4.30. The minimum atomic E-state index is -0.495. The zero-order valence-corrected chi connectivity index (χ0v) is 9.21. The van der Waals surface area contributed by atoms with Crippen molar-refractivity contribution in [3.8, 4) is 0 Å². The molecule has 80 valence electrons. The minimum Gasteiger partial charge on any atom is -0.307 e. The van der Waals surface area contributed by atoms with Crippen LogP contribution in [0.4, 0.5) is 10.5 Å². The van der Waals surface area contributed by atoms with Gasteiger partial charge in [-0.3, -0.25) is 9.69 Å². The molecule has 1 aromatic carbocycles. The average molecular weight is 227 g/mol. The Morgan fingerprint density at radius 1 is 1.53 bits per heavy atom. The maximum Gasteiger partial charge on any atom is 0.328 e. The Labute approximate surface area is 92.8 Å². The van der Waals surface area contributed by atoms with Gasteiger partial charge in [-0.2, -0.15) is 0 Å². The summed E-state index contributed by atoms with van der Waals surface area (Å²) < 4.78 is 0. The Morgan fingerprint density at radius 2 is 2.20 bits per heavy atom. The molecule has 0 aromatic heterocycles. The molecule has 0 atom stereocenters. The van der Waals surface area contributed by atoms with E-state index in [-0.39, 0.29) is 0 Å². The third-order valence-corrected chi connectivity index (χ3v) is 2.31. The van der Waals surface area contributed by atoms with Crippen LogP contribution in [0.1, 0.15) is 5.56 Å². The normalized spacial score (nSPS) is 9.53. The van der Waals surface area contributed by atoms with Crippen LogP contribution in [-0.4, -0.2) is 24.4 Å². The van der Waals surface area contributed by atoms with E-state index in [1.54, 1.807) is 18.2 Å². The maximum absolute atomic E-state index is 11.3. The van der Waals surface area contributed by atoms with E-state index in [2.05, 4.69) is 5.32 Å². The van der Waals surface area contributed by atoms with E-state index in [9.17, 15) is 9.59 Å². The quantitative estimate of drug-likeness (QED) is 0.787. The second kappa shape index (κ2) is 4.79. The number of carbonyl (C=O) groups is 2. The number of aryl methyl sites for hydroxylation is 1. The van der Waals surface area contributed by atoms with Gasteiger partial charge in [-0.1, -0.05) is 17.7 Å². The van der Waals surface area contributed by atoms with Crippen molar-refractivity contribution < 1.29 is 9.59 Å². The van der Waals surface area contributed by atoms with Crippen LogP contribution in [0.2, 0.25) is 5.02 Å². The molecule has 0 saturated carbocycles. The molecule has 0 unspecified atom stereocenters. The summed E-state index contributed by atoms with van der Waals surface area (Å²) in [5.41, 5.74) is 1.49. The smallest absolute Gasteiger partial charge is 0.307 e. The van der Waals surface area contributed by atoms with Crippen molar-refractivity contribution in [2.75, 3.05) is 12.4 Å². The Kier molecular flexibility index (Phi) is 3.68. The van der Waals surface area contributed by atoms with Crippen molar-refractivity contribution in [2.24, 2.45) is 0 Å². The zero-order chi connectivity index (χ0) is 11.4. The minimum absolute atomic E-state index is 0.436. The van der Waals surface area contributed by atoms with Gasteiger partial charge >= 0.3 is 6.03 Å². The molecule has 1 rings (SSSR count). The molecule has 1 aromatic rings. The van der Waals surface area contributed by atoms with Gasteiger partial charge in [-0.05, 0) is 24.6 Å². The largest absolute Gasteiger partial charge is 0.328 e. The molecule has 15 heavy (non-hydrogen) atoms. The highest BCUT2D eigenvalue weighted by Gasteiger charge is 2.07. The highest BCUT2D eigenvalue weighted by molar-refractivity contribution is 6.31. The fourth-order valence-electron chi connectivity index (χ4n) is 0.930. The molecule has 3 amide bonds.